The fourth-order valence-corrected chi connectivity index (χ4v) is 2.16. The smallest absolute Gasteiger partial charge is 0.383 e. The first kappa shape index (κ1) is 16.9. The van der Waals surface area contributed by atoms with Crippen LogP contribution in [0.4, 0.5) is 0 Å². The molecule has 0 aliphatic heterocycles. The van der Waals surface area contributed by atoms with Crippen LogP contribution in [-0.4, -0.2) is 17.8 Å². The van der Waals surface area contributed by atoms with E-state index < -0.39 is 5.63 Å². The third kappa shape index (κ3) is 4.06. The summed E-state index contributed by atoms with van der Waals surface area (Å²) in [7, 11) is 0. The van der Waals surface area contributed by atoms with Crippen molar-refractivity contribution in [2.75, 3.05) is 6.61 Å². The molecule has 0 fully saturated rings. The molecule has 0 bridgehead atoms. The number of phenolic OH excluding ortho intramolecular Hbond substituents is 1. The molecule has 0 aliphatic carbocycles. The molecule has 1 N–H and O–H groups in total. The quantitative estimate of drug-likeness (QED) is 0.474. The van der Waals surface area contributed by atoms with E-state index in [1.165, 1.54) is 6.07 Å². The number of aromatic hydroxyl groups is 1. The summed E-state index contributed by atoms with van der Waals surface area (Å²) in [6.45, 7) is 6.10. The Kier molecular flexibility index (Phi) is 5.68. The second-order valence-electron chi connectivity index (χ2n) is 5.38. The van der Waals surface area contributed by atoms with Crippen LogP contribution < -0.4 is 15.1 Å². The Bertz CT molecular complexity index is 743. The average molecular weight is 318 g/mol. The Balaban J connectivity index is 2.45. The molecule has 2 aromatic rings. The lowest BCUT2D eigenvalue weighted by molar-refractivity contribution is 0.212. The summed E-state index contributed by atoms with van der Waals surface area (Å²) < 4.78 is 16.5. The second kappa shape index (κ2) is 7.72. The van der Waals surface area contributed by atoms with Crippen LogP contribution in [0.25, 0.3) is 11.0 Å². The summed E-state index contributed by atoms with van der Waals surface area (Å²) in [5.41, 5.74) is -0.556. The molecule has 0 atom stereocenters. The van der Waals surface area contributed by atoms with Crippen LogP contribution in [0, 0.1) is 0 Å². The normalized spacial score (nSPS) is 11.5. The summed E-state index contributed by atoms with van der Waals surface area (Å²) in [5.74, 6) is 0.245. The van der Waals surface area contributed by atoms with E-state index in [-0.39, 0.29) is 23.2 Å². The highest BCUT2D eigenvalue weighted by atomic mass is 16.5. The van der Waals surface area contributed by atoms with Gasteiger partial charge in [0.05, 0.1) is 18.1 Å². The Hall–Kier alpha value is -2.43. The number of allylic oxidation sites excluding steroid dienone is 1. The first-order chi connectivity index (χ1) is 11.0. The molecule has 5 heteroatoms. The Morgan fingerprint density at radius 1 is 1.26 bits per heavy atom. The van der Waals surface area contributed by atoms with Gasteiger partial charge in [-0.25, -0.2) is 4.79 Å². The van der Waals surface area contributed by atoms with Gasteiger partial charge in [-0.2, -0.15) is 0 Å². The van der Waals surface area contributed by atoms with E-state index in [9.17, 15) is 9.90 Å². The van der Waals surface area contributed by atoms with E-state index in [0.717, 1.165) is 12.8 Å². The van der Waals surface area contributed by atoms with Crippen molar-refractivity contribution in [1.29, 1.82) is 0 Å². The number of benzene rings is 1. The van der Waals surface area contributed by atoms with Crippen LogP contribution in [0.1, 0.15) is 33.6 Å². The molecule has 0 aliphatic rings. The monoisotopic (exact) mass is 318 g/mol. The van der Waals surface area contributed by atoms with Crippen LogP contribution in [0.15, 0.2) is 39.6 Å². The van der Waals surface area contributed by atoms with Gasteiger partial charge in [-0.15, -0.1) is 0 Å². The van der Waals surface area contributed by atoms with Crippen LogP contribution in [0.5, 0.6) is 17.2 Å². The lowest BCUT2D eigenvalue weighted by atomic mass is 10.2. The number of hydrogen-bond acceptors (Lipinski definition) is 5. The SMILES string of the molecule is CCC=CCCOc1c(OC(C)C)c(=O)oc2c(O)cccc12. The van der Waals surface area contributed by atoms with Gasteiger partial charge in [0.25, 0.3) is 0 Å². The van der Waals surface area contributed by atoms with Crippen LogP contribution in [0.3, 0.4) is 0 Å². The average Bonchev–Trinajstić information content (AvgIpc) is 2.50. The van der Waals surface area contributed by atoms with Gasteiger partial charge < -0.3 is 19.0 Å². The van der Waals surface area contributed by atoms with Crippen LogP contribution in [0.2, 0.25) is 0 Å². The maximum atomic E-state index is 12.2. The van der Waals surface area contributed by atoms with Gasteiger partial charge in [-0.05, 0) is 38.8 Å². The zero-order valence-electron chi connectivity index (χ0n) is 13.7. The van der Waals surface area contributed by atoms with Gasteiger partial charge in [0, 0.05) is 0 Å². The van der Waals surface area contributed by atoms with E-state index >= 15 is 0 Å². The maximum Gasteiger partial charge on any atom is 0.383 e. The summed E-state index contributed by atoms with van der Waals surface area (Å²) in [5, 5.41) is 10.4. The Labute approximate surface area is 135 Å². The molecule has 0 unspecified atom stereocenters. The summed E-state index contributed by atoms with van der Waals surface area (Å²) >= 11 is 0. The fourth-order valence-electron chi connectivity index (χ4n) is 2.16. The highest BCUT2D eigenvalue weighted by Gasteiger charge is 2.20. The van der Waals surface area contributed by atoms with Crippen molar-refractivity contribution in [3.05, 3.63) is 40.8 Å². The summed E-state index contributed by atoms with van der Waals surface area (Å²) in [6.07, 6.45) is 5.56. The molecule has 2 rings (SSSR count). The van der Waals surface area contributed by atoms with Gasteiger partial charge in [-0.1, -0.05) is 25.1 Å². The van der Waals surface area contributed by atoms with E-state index in [1.54, 1.807) is 12.1 Å². The van der Waals surface area contributed by atoms with Crippen molar-refractivity contribution in [1.82, 2.24) is 0 Å². The van der Waals surface area contributed by atoms with E-state index in [4.69, 9.17) is 13.9 Å². The second-order valence-corrected chi connectivity index (χ2v) is 5.38. The number of hydrogen-bond donors (Lipinski definition) is 1. The molecule has 0 saturated carbocycles. The molecular formula is C18H22O5. The standard InChI is InChI=1S/C18H22O5/c1-4-5-6-7-11-21-16-13-9-8-10-14(19)15(13)23-18(20)17(16)22-12(2)3/h5-6,8-10,12,19H,4,7,11H2,1-3H3. The number of fused-ring (bicyclic) bond motifs is 1. The molecule has 23 heavy (non-hydrogen) atoms. The summed E-state index contributed by atoms with van der Waals surface area (Å²) in [6, 6.07) is 4.85. The number of phenols is 1. The third-order valence-corrected chi connectivity index (χ3v) is 3.11. The van der Waals surface area contributed by atoms with Gasteiger partial charge in [0.1, 0.15) is 0 Å². The molecule has 0 radical (unpaired) electrons. The molecule has 0 saturated heterocycles. The van der Waals surface area contributed by atoms with Crippen molar-refractivity contribution in [3.63, 3.8) is 0 Å². The summed E-state index contributed by atoms with van der Waals surface area (Å²) in [4.78, 5) is 12.2. The Morgan fingerprint density at radius 3 is 2.74 bits per heavy atom. The molecule has 1 aromatic carbocycles. The third-order valence-electron chi connectivity index (χ3n) is 3.11. The molecule has 1 aromatic heterocycles. The minimum atomic E-state index is -0.660. The van der Waals surface area contributed by atoms with Crippen molar-refractivity contribution in [2.24, 2.45) is 0 Å². The topological polar surface area (TPSA) is 68.9 Å². The van der Waals surface area contributed by atoms with Crippen molar-refractivity contribution < 1.29 is 19.0 Å². The van der Waals surface area contributed by atoms with Gasteiger partial charge in [-0.3, -0.25) is 0 Å². The molecule has 0 amide bonds. The van der Waals surface area contributed by atoms with Crippen molar-refractivity contribution in [2.45, 2.75) is 39.7 Å². The highest BCUT2D eigenvalue weighted by molar-refractivity contribution is 5.89. The predicted molar refractivity (Wildman–Crippen MR) is 89.5 cm³/mol. The van der Waals surface area contributed by atoms with Gasteiger partial charge in [0.2, 0.25) is 5.75 Å². The van der Waals surface area contributed by atoms with E-state index in [0.29, 0.717) is 17.7 Å². The molecule has 1 heterocycles. The maximum absolute atomic E-state index is 12.2. The lowest BCUT2D eigenvalue weighted by Crippen LogP contribution is -2.15. The van der Waals surface area contributed by atoms with E-state index in [2.05, 4.69) is 13.0 Å². The Morgan fingerprint density at radius 2 is 2.04 bits per heavy atom. The van der Waals surface area contributed by atoms with E-state index in [1.807, 2.05) is 19.9 Å². The number of ether oxygens (including phenoxy) is 2. The first-order valence-electron chi connectivity index (χ1n) is 7.77. The van der Waals surface area contributed by atoms with Crippen LogP contribution >= 0.6 is 0 Å². The number of rotatable bonds is 7. The van der Waals surface area contributed by atoms with Crippen molar-refractivity contribution in [3.8, 4) is 17.2 Å². The highest BCUT2D eigenvalue weighted by Crippen LogP contribution is 2.36. The molecule has 0 spiro atoms. The first-order valence-corrected chi connectivity index (χ1v) is 7.77. The predicted octanol–water partition coefficient (Wildman–Crippen LogP) is 4.02. The van der Waals surface area contributed by atoms with Crippen LogP contribution in [-0.2, 0) is 0 Å². The minimum Gasteiger partial charge on any atom is -0.504 e. The fraction of sp³-hybridized carbons (Fsp3) is 0.389. The van der Waals surface area contributed by atoms with Crippen molar-refractivity contribution >= 4 is 11.0 Å². The van der Waals surface area contributed by atoms with Gasteiger partial charge >= 0.3 is 5.63 Å². The zero-order valence-corrected chi connectivity index (χ0v) is 13.7. The lowest BCUT2D eigenvalue weighted by Gasteiger charge is -2.15. The zero-order chi connectivity index (χ0) is 16.8. The number of para-hydroxylation sites is 1. The minimum absolute atomic E-state index is 0.0394. The molecular weight excluding hydrogens is 296 g/mol. The molecule has 5 nitrogen and oxygen atoms in total. The van der Waals surface area contributed by atoms with Gasteiger partial charge in [0.15, 0.2) is 17.1 Å². The largest absolute Gasteiger partial charge is 0.504 e. The molecule has 124 valence electrons.